The van der Waals surface area contributed by atoms with Crippen LogP contribution in [0.5, 0.6) is 5.75 Å². The molecule has 2 atom stereocenters. The molecule has 0 saturated carbocycles. The van der Waals surface area contributed by atoms with E-state index in [1.165, 1.54) is 0 Å². The molecule has 2 aromatic carbocycles. The molecule has 3 rings (SSSR count). The molecule has 0 radical (unpaired) electrons. The lowest BCUT2D eigenvalue weighted by molar-refractivity contribution is -0.190. The first-order valence-corrected chi connectivity index (χ1v) is 7.12. The van der Waals surface area contributed by atoms with E-state index in [-0.39, 0.29) is 12.6 Å². The van der Waals surface area contributed by atoms with Gasteiger partial charge in [-0.25, -0.2) is 4.79 Å². The molecule has 1 heterocycles. The van der Waals surface area contributed by atoms with Crippen LogP contribution < -0.4 is 10.1 Å². The van der Waals surface area contributed by atoms with Crippen LogP contribution in [0.3, 0.4) is 0 Å². The normalized spacial score (nSPS) is 19.8. The SMILES string of the molecule is O=C(NC1CO[C@H]1Oc1ccccc1)OCc1ccccc1. The second kappa shape index (κ2) is 6.95. The van der Waals surface area contributed by atoms with Crippen LogP contribution in [0.25, 0.3) is 0 Å². The highest BCUT2D eigenvalue weighted by molar-refractivity contribution is 5.67. The highest BCUT2D eigenvalue weighted by atomic mass is 16.7. The van der Waals surface area contributed by atoms with Crippen LogP contribution in [0.4, 0.5) is 4.79 Å². The van der Waals surface area contributed by atoms with Gasteiger partial charge < -0.3 is 19.5 Å². The number of para-hydroxylation sites is 1. The van der Waals surface area contributed by atoms with Gasteiger partial charge in [-0.3, -0.25) is 0 Å². The molecule has 2 aromatic rings. The number of carbonyl (C=O) groups excluding carboxylic acids is 1. The maximum absolute atomic E-state index is 11.8. The molecule has 5 nitrogen and oxygen atoms in total. The number of carbonyl (C=O) groups is 1. The van der Waals surface area contributed by atoms with Gasteiger partial charge in [0.25, 0.3) is 0 Å². The third-order valence-corrected chi connectivity index (χ3v) is 3.28. The summed E-state index contributed by atoms with van der Waals surface area (Å²) in [7, 11) is 0. The molecule has 0 spiro atoms. The number of alkyl carbamates (subject to hydrolysis) is 1. The van der Waals surface area contributed by atoms with Crippen molar-refractivity contribution in [2.75, 3.05) is 6.61 Å². The smallest absolute Gasteiger partial charge is 0.407 e. The van der Waals surface area contributed by atoms with Crippen molar-refractivity contribution >= 4 is 6.09 Å². The Balaban J connectivity index is 1.44. The molecule has 0 bridgehead atoms. The topological polar surface area (TPSA) is 56.8 Å². The largest absolute Gasteiger partial charge is 0.463 e. The standard InChI is InChI=1S/C17H17NO4/c19-17(21-11-13-7-3-1-4-8-13)18-15-12-20-16(15)22-14-9-5-2-6-10-14/h1-10,15-16H,11-12H2,(H,18,19)/t15?,16-/m0/s1. The van der Waals surface area contributed by atoms with Crippen LogP contribution in [0.1, 0.15) is 5.56 Å². The number of hydrogen-bond acceptors (Lipinski definition) is 4. The summed E-state index contributed by atoms with van der Waals surface area (Å²) in [5.41, 5.74) is 0.944. The molecule has 0 aromatic heterocycles. The maximum Gasteiger partial charge on any atom is 0.407 e. The summed E-state index contributed by atoms with van der Waals surface area (Å²) in [6.07, 6.45) is -0.953. The van der Waals surface area contributed by atoms with E-state index in [0.29, 0.717) is 12.4 Å². The molecular weight excluding hydrogens is 282 g/mol. The fraction of sp³-hybridized carbons (Fsp3) is 0.235. The summed E-state index contributed by atoms with van der Waals surface area (Å²) in [5, 5.41) is 2.75. The maximum atomic E-state index is 11.8. The number of nitrogens with one attached hydrogen (secondary N) is 1. The highest BCUT2D eigenvalue weighted by Gasteiger charge is 2.35. The Labute approximate surface area is 128 Å². The van der Waals surface area contributed by atoms with Crippen LogP contribution in [0, 0.1) is 0 Å². The fourth-order valence-corrected chi connectivity index (χ4v) is 2.05. The van der Waals surface area contributed by atoms with Gasteiger partial charge in [-0.05, 0) is 17.7 Å². The predicted octanol–water partition coefficient (Wildman–Crippen LogP) is 2.72. The first-order chi connectivity index (χ1) is 10.8. The van der Waals surface area contributed by atoms with E-state index in [4.69, 9.17) is 14.2 Å². The van der Waals surface area contributed by atoms with Gasteiger partial charge in [-0.15, -0.1) is 0 Å². The highest BCUT2D eigenvalue weighted by Crippen LogP contribution is 2.19. The van der Waals surface area contributed by atoms with Gasteiger partial charge in [0, 0.05) is 0 Å². The minimum atomic E-state index is -0.480. The first-order valence-electron chi connectivity index (χ1n) is 7.12. The third kappa shape index (κ3) is 3.77. The van der Waals surface area contributed by atoms with Gasteiger partial charge in [0.15, 0.2) is 0 Å². The second-order valence-corrected chi connectivity index (χ2v) is 4.95. The Morgan fingerprint density at radius 3 is 2.41 bits per heavy atom. The van der Waals surface area contributed by atoms with Crippen molar-refractivity contribution < 1.29 is 19.0 Å². The molecule has 1 N–H and O–H groups in total. The zero-order chi connectivity index (χ0) is 15.2. The minimum absolute atomic E-state index is 0.205. The molecule has 1 unspecified atom stereocenters. The minimum Gasteiger partial charge on any atom is -0.463 e. The lowest BCUT2D eigenvalue weighted by Crippen LogP contribution is -2.58. The second-order valence-electron chi connectivity index (χ2n) is 4.95. The number of benzene rings is 2. The van der Waals surface area contributed by atoms with Gasteiger partial charge >= 0.3 is 6.09 Å². The summed E-state index contributed by atoms with van der Waals surface area (Å²) >= 11 is 0. The average Bonchev–Trinajstić information content (AvgIpc) is 2.57. The third-order valence-electron chi connectivity index (χ3n) is 3.28. The van der Waals surface area contributed by atoms with Crippen LogP contribution in [-0.2, 0) is 16.1 Å². The quantitative estimate of drug-likeness (QED) is 0.922. The molecule has 1 aliphatic rings. The molecule has 114 valence electrons. The summed E-state index contributed by atoms with van der Waals surface area (Å²) in [6.45, 7) is 0.655. The lowest BCUT2D eigenvalue weighted by Gasteiger charge is -2.36. The van der Waals surface area contributed by atoms with Crippen LogP contribution >= 0.6 is 0 Å². The number of rotatable bonds is 5. The Hall–Kier alpha value is -2.53. The van der Waals surface area contributed by atoms with Crippen molar-refractivity contribution in [3.8, 4) is 5.75 Å². The van der Waals surface area contributed by atoms with Gasteiger partial charge in [0.1, 0.15) is 18.4 Å². The molecule has 1 amide bonds. The monoisotopic (exact) mass is 299 g/mol. The zero-order valence-corrected chi connectivity index (χ0v) is 12.0. The average molecular weight is 299 g/mol. The molecular formula is C17H17NO4. The van der Waals surface area contributed by atoms with Crippen molar-refractivity contribution in [1.82, 2.24) is 5.32 Å². The molecule has 22 heavy (non-hydrogen) atoms. The molecule has 1 saturated heterocycles. The van der Waals surface area contributed by atoms with Gasteiger partial charge in [-0.2, -0.15) is 0 Å². The van der Waals surface area contributed by atoms with E-state index in [0.717, 1.165) is 5.56 Å². The fourth-order valence-electron chi connectivity index (χ4n) is 2.05. The summed E-state index contributed by atoms with van der Waals surface area (Å²) < 4.78 is 16.1. The summed E-state index contributed by atoms with van der Waals surface area (Å²) in [4.78, 5) is 11.8. The van der Waals surface area contributed by atoms with Gasteiger partial charge in [0.05, 0.1) is 6.61 Å². The first kappa shape index (κ1) is 14.4. The summed E-state index contributed by atoms with van der Waals surface area (Å²) in [6, 6.07) is 18.7. The molecule has 1 aliphatic heterocycles. The molecule has 5 heteroatoms. The van der Waals surface area contributed by atoms with Crippen molar-refractivity contribution in [2.45, 2.75) is 18.9 Å². The van der Waals surface area contributed by atoms with Crippen molar-refractivity contribution in [3.63, 3.8) is 0 Å². The Morgan fingerprint density at radius 1 is 1.09 bits per heavy atom. The number of amides is 1. The Morgan fingerprint density at radius 2 is 1.77 bits per heavy atom. The number of hydrogen-bond donors (Lipinski definition) is 1. The Bertz CT molecular complexity index is 603. The predicted molar refractivity (Wildman–Crippen MR) is 80.4 cm³/mol. The molecule has 0 aliphatic carbocycles. The number of ether oxygens (including phenoxy) is 3. The van der Waals surface area contributed by atoms with Crippen LogP contribution in [0.2, 0.25) is 0 Å². The van der Waals surface area contributed by atoms with E-state index in [1.54, 1.807) is 0 Å². The van der Waals surface area contributed by atoms with E-state index in [2.05, 4.69) is 5.32 Å². The van der Waals surface area contributed by atoms with Crippen molar-refractivity contribution in [1.29, 1.82) is 0 Å². The molecule has 1 fully saturated rings. The van der Waals surface area contributed by atoms with Crippen LogP contribution in [-0.4, -0.2) is 25.0 Å². The zero-order valence-electron chi connectivity index (χ0n) is 12.0. The summed E-state index contributed by atoms with van der Waals surface area (Å²) in [5.74, 6) is 0.705. The van der Waals surface area contributed by atoms with Crippen molar-refractivity contribution in [2.24, 2.45) is 0 Å². The van der Waals surface area contributed by atoms with E-state index in [9.17, 15) is 4.79 Å². The van der Waals surface area contributed by atoms with E-state index < -0.39 is 12.4 Å². The Kier molecular flexibility index (Phi) is 4.56. The van der Waals surface area contributed by atoms with Gasteiger partial charge in [-0.1, -0.05) is 48.5 Å². The van der Waals surface area contributed by atoms with E-state index in [1.807, 2.05) is 60.7 Å². The lowest BCUT2D eigenvalue weighted by atomic mass is 10.2. The van der Waals surface area contributed by atoms with Gasteiger partial charge in [0.2, 0.25) is 6.29 Å². The van der Waals surface area contributed by atoms with E-state index >= 15 is 0 Å². The van der Waals surface area contributed by atoms with Crippen molar-refractivity contribution in [3.05, 3.63) is 66.2 Å². The van der Waals surface area contributed by atoms with Crippen LogP contribution in [0.15, 0.2) is 60.7 Å².